The Labute approximate surface area is 692 Å². The second kappa shape index (κ2) is 29.0. The Hall–Kier alpha value is -16.2. The first kappa shape index (κ1) is 69.4. The van der Waals surface area contributed by atoms with Crippen LogP contribution in [0.5, 0.6) is 0 Å². The molecule has 24 aromatic rings. The number of para-hydroxylation sites is 4. The Kier molecular flexibility index (Phi) is 16.7. The number of aromatic nitrogens is 8. The SMILES string of the molecule is c1ccc(-c2cccc(-n3c4ccccc4c4cc5c6ccccc6n(-c6cccc7cc(-c8cc(-c9ccccc9)nc(-c9ccccc9)n8)ccc67)c5cc43)c2)cc1.c1ccc(-c2cccc(-n3c4ccccc4c4cc5c6ccccc6n(-c6cccc7cc(-c8nc(-c9ccccc9)cc(-c9ccccc9)n8)ccc67)c5cc43)c2)cc1. The molecule has 18 aromatic carbocycles. The summed E-state index contributed by atoms with van der Waals surface area (Å²) in [6, 6.07) is 156. The number of hydrogen-bond acceptors (Lipinski definition) is 4. The second-order valence-corrected chi connectivity index (χ2v) is 30.8. The molecule has 8 heteroatoms. The van der Waals surface area contributed by atoms with Gasteiger partial charge < -0.3 is 18.3 Å². The van der Waals surface area contributed by atoms with Gasteiger partial charge in [0.15, 0.2) is 11.6 Å². The third kappa shape index (κ3) is 12.0. The Bertz CT molecular complexity index is 7530. The third-order valence-electron chi connectivity index (χ3n) is 23.8. The van der Waals surface area contributed by atoms with Crippen molar-refractivity contribution in [2.75, 3.05) is 0 Å². The van der Waals surface area contributed by atoms with E-state index in [1.165, 1.54) is 109 Å². The van der Waals surface area contributed by atoms with E-state index in [9.17, 15) is 0 Å². The molecule has 120 heavy (non-hydrogen) atoms. The summed E-state index contributed by atoms with van der Waals surface area (Å²) >= 11 is 0. The number of hydrogen-bond donors (Lipinski definition) is 0. The van der Waals surface area contributed by atoms with Crippen molar-refractivity contribution < 1.29 is 0 Å². The van der Waals surface area contributed by atoms with Gasteiger partial charge in [0.05, 0.1) is 78.3 Å². The van der Waals surface area contributed by atoms with Gasteiger partial charge in [0.1, 0.15) is 0 Å². The molecule has 0 aliphatic rings. The minimum atomic E-state index is 0.700. The highest BCUT2D eigenvalue weighted by atomic mass is 15.0. The molecule has 0 N–H and O–H groups in total. The quantitative estimate of drug-likeness (QED) is 0.122. The fraction of sp³-hybridized carbons (Fsp3) is 0. The van der Waals surface area contributed by atoms with Gasteiger partial charge in [0.2, 0.25) is 0 Å². The molecule has 6 aromatic heterocycles. The Morgan fingerprint density at radius 3 is 0.825 bits per heavy atom. The lowest BCUT2D eigenvalue weighted by molar-refractivity contribution is 1.17. The van der Waals surface area contributed by atoms with E-state index in [-0.39, 0.29) is 0 Å². The summed E-state index contributed by atoms with van der Waals surface area (Å²) in [5.74, 6) is 1.41. The lowest BCUT2D eigenvalue weighted by Crippen LogP contribution is -1.98. The monoisotopic (exact) mass is 1530 g/mol. The molecule has 0 bridgehead atoms. The van der Waals surface area contributed by atoms with Crippen molar-refractivity contribution >= 4 is 109 Å². The van der Waals surface area contributed by atoms with Crippen molar-refractivity contribution in [2.24, 2.45) is 0 Å². The molecule has 0 fully saturated rings. The zero-order chi connectivity index (χ0) is 79.1. The topological polar surface area (TPSA) is 71.3 Å². The van der Waals surface area contributed by atoms with Crippen LogP contribution in [0.3, 0.4) is 0 Å². The smallest absolute Gasteiger partial charge is 0.160 e. The predicted octanol–water partition coefficient (Wildman–Crippen LogP) is 29.0. The lowest BCUT2D eigenvalue weighted by atomic mass is 10.0. The average Bonchev–Trinajstić information content (AvgIpc) is 1.56. The highest BCUT2D eigenvalue weighted by Crippen LogP contribution is 2.45. The fourth-order valence-corrected chi connectivity index (χ4v) is 18.2. The molecule has 6 heterocycles. The summed E-state index contributed by atoms with van der Waals surface area (Å²) in [6.07, 6.45) is 0. The van der Waals surface area contributed by atoms with Crippen LogP contribution < -0.4 is 0 Å². The maximum absolute atomic E-state index is 5.14. The number of nitrogens with zero attached hydrogens (tertiary/aromatic N) is 8. The van der Waals surface area contributed by atoms with Crippen LogP contribution in [0, 0.1) is 0 Å². The van der Waals surface area contributed by atoms with Crippen molar-refractivity contribution in [2.45, 2.75) is 0 Å². The second-order valence-electron chi connectivity index (χ2n) is 30.8. The highest BCUT2D eigenvalue weighted by molar-refractivity contribution is 6.22. The summed E-state index contributed by atoms with van der Waals surface area (Å²) < 4.78 is 9.78. The van der Waals surface area contributed by atoms with E-state index in [1.807, 2.05) is 36.4 Å². The first-order valence-electron chi connectivity index (χ1n) is 40.8. The van der Waals surface area contributed by atoms with Gasteiger partial charge in [-0.3, -0.25) is 0 Å². The van der Waals surface area contributed by atoms with E-state index >= 15 is 0 Å². The van der Waals surface area contributed by atoms with Crippen LogP contribution in [0.1, 0.15) is 0 Å². The summed E-state index contributed by atoms with van der Waals surface area (Å²) in [5.41, 5.74) is 28.5. The van der Waals surface area contributed by atoms with Gasteiger partial charge in [-0.25, -0.2) is 19.9 Å². The molecule has 24 rings (SSSR count). The summed E-state index contributed by atoms with van der Waals surface area (Å²) in [4.78, 5) is 20.5. The number of rotatable bonds is 12. The largest absolute Gasteiger partial charge is 0.309 e. The molecule has 0 unspecified atom stereocenters. The van der Waals surface area contributed by atoms with Crippen LogP contribution in [0.2, 0.25) is 0 Å². The average molecular weight is 1530 g/mol. The van der Waals surface area contributed by atoms with Gasteiger partial charge in [-0.2, -0.15) is 0 Å². The summed E-state index contributed by atoms with van der Waals surface area (Å²) in [6.45, 7) is 0. The molecule has 0 spiro atoms. The van der Waals surface area contributed by atoms with Crippen molar-refractivity contribution in [1.82, 2.24) is 38.2 Å². The van der Waals surface area contributed by atoms with Gasteiger partial charge in [-0.05, 0) is 142 Å². The molecule has 0 aliphatic heterocycles. The third-order valence-corrected chi connectivity index (χ3v) is 23.8. The minimum Gasteiger partial charge on any atom is -0.309 e. The summed E-state index contributed by atoms with van der Waals surface area (Å²) in [5, 5.41) is 14.5. The molecule has 560 valence electrons. The highest BCUT2D eigenvalue weighted by Gasteiger charge is 2.24. The van der Waals surface area contributed by atoms with E-state index in [0.29, 0.717) is 11.6 Å². The van der Waals surface area contributed by atoms with Gasteiger partial charge in [-0.1, -0.05) is 328 Å². The van der Waals surface area contributed by atoms with Crippen LogP contribution in [0.25, 0.3) is 222 Å². The maximum atomic E-state index is 5.14. The van der Waals surface area contributed by atoms with Gasteiger partial charge in [0.25, 0.3) is 0 Å². The predicted molar refractivity (Wildman–Crippen MR) is 500 cm³/mol. The molecular weight excluding hydrogens is 1460 g/mol. The van der Waals surface area contributed by atoms with Crippen LogP contribution in [-0.2, 0) is 0 Å². The van der Waals surface area contributed by atoms with Gasteiger partial charge >= 0.3 is 0 Å². The standard InChI is InChI=1S/2C56H36N4/c1-4-16-37(17-5-1)40-22-14-24-43(33-40)59-52-27-12-10-25-45(52)47-34-48-46-26-11-13-28-53(46)60(55(48)36-54(47)59)51-29-15-23-41-32-42(30-31-44(41)51)50-35-49(38-18-6-2-7-19-38)57-56(58-50)39-20-8-3-9-21-39;1-4-16-37(17-5-1)40-22-14-24-43(33-40)59-52-27-12-10-25-45(52)47-34-48-46-26-11-13-28-53(46)60(55(48)36-54(47)59)51-29-15-23-41-32-42(30-31-44(41)51)56-57-49(38-18-6-2-7-19-38)35-50(58-56)39-20-8-3-9-21-39/h2*1-36H. The Balaban J connectivity index is 0.000000140. The molecule has 0 radical (unpaired) electrons. The van der Waals surface area contributed by atoms with Gasteiger partial charge in [-0.15, -0.1) is 0 Å². The Morgan fingerprint density at radius 1 is 0.142 bits per heavy atom. The van der Waals surface area contributed by atoms with E-state index in [2.05, 4.69) is 419 Å². The number of fused-ring (bicyclic) bond motifs is 14. The first-order chi connectivity index (χ1) is 59.5. The molecule has 0 saturated heterocycles. The van der Waals surface area contributed by atoms with Crippen molar-refractivity contribution in [3.05, 3.63) is 437 Å². The van der Waals surface area contributed by atoms with Crippen LogP contribution in [0.15, 0.2) is 437 Å². The normalized spacial score (nSPS) is 11.7. The molecule has 0 amide bonds. The molecule has 0 atom stereocenters. The van der Waals surface area contributed by atoms with Crippen molar-refractivity contribution in [1.29, 1.82) is 0 Å². The summed E-state index contributed by atoms with van der Waals surface area (Å²) in [7, 11) is 0. The van der Waals surface area contributed by atoms with E-state index in [1.54, 1.807) is 0 Å². The first-order valence-corrected chi connectivity index (χ1v) is 40.8. The van der Waals surface area contributed by atoms with E-state index < -0.39 is 0 Å². The lowest BCUT2D eigenvalue weighted by Gasteiger charge is -2.14. The van der Waals surface area contributed by atoms with Crippen molar-refractivity contribution in [3.8, 4) is 113 Å². The molecule has 8 nitrogen and oxygen atoms in total. The van der Waals surface area contributed by atoms with Crippen LogP contribution >= 0.6 is 0 Å². The number of benzene rings is 18. The molecular formula is C112H72N8. The maximum Gasteiger partial charge on any atom is 0.160 e. The minimum absolute atomic E-state index is 0.700. The van der Waals surface area contributed by atoms with Crippen LogP contribution in [0.4, 0.5) is 0 Å². The molecule has 0 saturated carbocycles. The van der Waals surface area contributed by atoms with E-state index in [0.717, 1.165) is 101 Å². The fourth-order valence-electron chi connectivity index (χ4n) is 18.2. The van der Waals surface area contributed by atoms with Crippen molar-refractivity contribution in [3.63, 3.8) is 0 Å². The molecule has 0 aliphatic carbocycles. The Morgan fingerprint density at radius 2 is 0.433 bits per heavy atom. The van der Waals surface area contributed by atoms with E-state index in [4.69, 9.17) is 19.9 Å². The zero-order valence-electron chi connectivity index (χ0n) is 65.1. The zero-order valence-corrected chi connectivity index (χ0v) is 65.1. The van der Waals surface area contributed by atoms with Crippen LogP contribution in [-0.4, -0.2) is 38.2 Å². The van der Waals surface area contributed by atoms with Gasteiger partial charge in [0, 0.05) is 98.6 Å².